The van der Waals surface area contributed by atoms with Crippen molar-refractivity contribution in [2.45, 2.75) is 0 Å². The standard InChI is InChI=1S/C9H10N4O/c1-13-6-9(11-12-13)8-4-3-7(14-2)5-10-8/h3-6H,1-2H3. The van der Waals surface area contributed by atoms with Gasteiger partial charge in [0.15, 0.2) is 0 Å². The Morgan fingerprint density at radius 2 is 2.14 bits per heavy atom. The predicted octanol–water partition coefficient (Wildman–Crippen LogP) is 0.886. The molecule has 0 aliphatic carbocycles. The van der Waals surface area contributed by atoms with Crippen LogP contribution in [0.15, 0.2) is 24.5 Å². The Labute approximate surface area is 81.3 Å². The number of nitrogens with zero attached hydrogens (tertiary/aromatic N) is 4. The quantitative estimate of drug-likeness (QED) is 0.705. The van der Waals surface area contributed by atoms with Crippen LogP contribution in [0.2, 0.25) is 0 Å². The van der Waals surface area contributed by atoms with Gasteiger partial charge in [0.05, 0.1) is 25.2 Å². The van der Waals surface area contributed by atoms with Crippen LogP contribution in [0, 0.1) is 0 Å². The van der Waals surface area contributed by atoms with Crippen molar-refractivity contribution in [2.75, 3.05) is 7.11 Å². The molecule has 2 aromatic rings. The Kier molecular flexibility index (Phi) is 2.14. The van der Waals surface area contributed by atoms with Crippen molar-refractivity contribution < 1.29 is 4.74 Å². The van der Waals surface area contributed by atoms with Gasteiger partial charge in [0.1, 0.15) is 11.4 Å². The molecule has 0 atom stereocenters. The Bertz CT molecular complexity index is 421. The number of rotatable bonds is 2. The van der Waals surface area contributed by atoms with E-state index in [1.807, 2.05) is 25.4 Å². The highest BCUT2D eigenvalue weighted by Gasteiger charge is 2.03. The average molecular weight is 190 g/mol. The second-order valence-corrected chi connectivity index (χ2v) is 2.86. The summed E-state index contributed by atoms with van der Waals surface area (Å²) in [4.78, 5) is 4.19. The summed E-state index contributed by atoms with van der Waals surface area (Å²) >= 11 is 0. The first-order valence-electron chi connectivity index (χ1n) is 4.16. The lowest BCUT2D eigenvalue weighted by molar-refractivity contribution is 0.413. The number of ether oxygens (including phenoxy) is 1. The minimum absolute atomic E-state index is 0.734. The predicted molar refractivity (Wildman–Crippen MR) is 50.8 cm³/mol. The molecule has 0 saturated heterocycles. The van der Waals surface area contributed by atoms with E-state index in [0.717, 1.165) is 17.1 Å². The second-order valence-electron chi connectivity index (χ2n) is 2.86. The monoisotopic (exact) mass is 190 g/mol. The summed E-state index contributed by atoms with van der Waals surface area (Å²) in [7, 11) is 3.43. The van der Waals surface area contributed by atoms with Gasteiger partial charge in [-0.05, 0) is 12.1 Å². The fourth-order valence-corrected chi connectivity index (χ4v) is 1.12. The van der Waals surface area contributed by atoms with Crippen molar-refractivity contribution in [3.05, 3.63) is 24.5 Å². The molecule has 2 heterocycles. The lowest BCUT2D eigenvalue weighted by atomic mass is 10.3. The second kappa shape index (κ2) is 3.45. The van der Waals surface area contributed by atoms with E-state index in [9.17, 15) is 0 Å². The zero-order valence-electron chi connectivity index (χ0n) is 8.01. The van der Waals surface area contributed by atoms with E-state index in [2.05, 4.69) is 15.3 Å². The highest BCUT2D eigenvalue weighted by Crippen LogP contribution is 2.15. The molecule has 72 valence electrons. The molecule has 0 unspecified atom stereocenters. The van der Waals surface area contributed by atoms with Crippen LogP contribution < -0.4 is 4.74 Å². The van der Waals surface area contributed by atoms with Crippen molar-refractivity contribution in [3.63, 3.8) is 0 Å². The van der Waals surface area contributed by atoms with Gasteiger partial charge in [-0.2, -0.15) is 0 Å². The molecule has 5 nitrogen and oxygen atoms in total. The van der Waals surface area contributed by atoms with Gasteiger partial charge < -0.3 is 4.74 Å². The summed E-state index contributed by atoms with van der Waals surface area (Å²) in [5.74, 6) is 0.734. The molecule has 0 aliphatic heterocycles. The average Bonchev–Trinajstić information content (AvgIpc) is 2.65. The molecule has 2 rings (SSSR count). The van der Waals surface area contributed by atoms with Gasteiger partial charge in [-0.3, -0.25) is 9.67 Å². The molecule has 0 aromatic carbocycles. The molecule has 0 saturated carbocycles. The first-order valence-corrected chi connectivity index (χ1v) is 4.16. The minimum Gasteiger partial charge on any atom is -0.495 e. The Balaban J connectivity index is 2.33. The van der Waals surface area contributed by atoms with Crippen LogP contribution in [0.4, 0.5) is 0 Å². The Hall–Kier alpha value is -1.91. The van der Waals surface area contributed by atoms with Crippen molar-refractivity contribution >= 4 is 0 Å². The topological polar surface area (TPSA) is 52.8 Å². The Morgan fingerprint density at radius 3 is 2.64 bits per heavy atom. The number of hydrogen-bond donors (Lipinski definition) is 0. The van der Waals surface area contributed by atoms with E-state index < -0.39 is 0 Å². The minimum atomic E-state index is 0.734. The van der Waals surface area contributed by atoms with E-state index in [-0.39, 0.29) is 0 Å². The molecule has 0 radical (unpaired) electrons. The number of aryl methyl sites for hydroxylation is 1. The zero-order valence-corrected chi connectivity index (χ0v) is 8.01. The van der Waals surface area contributed by atoms with Crippen molar-refractivity contribution in [3.8, 4) is 17.1 Å². The fraction of sp³-hybridized carbons (Fsp3) is 0.222. The van der Waals surface area contributed by atoms with Crippen molar-refractivity contribution in [1.29, 1.82) is 0 Å². The number of methoxy groups -OCH3 is 1. The number of hydrogen-bond acceptors (Lipinski definition) is 4. The molecule has 5 heteroatoms. The maximum atomic E-state index is 5.01. The van der Waals surface area contributed by atoms with Crippen LogP contribution in [-0.4, -0.2) is 27.1 Å². The molecule has 0 aliphatic rings. The molecule has 0 amide bonds. The van der Waals surface area contributed by atoms with Crippen molar-refractivity contribution in [2.24, 2.45) is 7.05 Å². The lowest BCUT2D eigenvalue weighted by Gasteiger charge is -1.98. The SMILES string of the molecule is COc1ccc(-c2cn(C)nn2)nc1. The highest BCUT2D eigenvalue weighted by molar-refractivity contribution is 5.52. The van der Waals surface area contributed by atoms with E-state index >= 15 is 0 Å². The fourth-order valence-electron chi connectivity index (χ4n) is 1.12. The van der Waals surface area contributed by atoms with E-state index in [4.69, 9.17) is 4.74 Å². The van der Waals surface area contributed by atoms with Gasteiger partial charge in [-0.25, -0.2) is 0 Å². The molecule has 0 fully saturated rings. The lowest BCUT2D eigenvalue weighted by Crippen LogP contribution is -1.86. The molecule has 14 heavy (non-hydrogen) atoms. The van der Waals surface area contributed by atoms with E-state index in [1.54, 1.807) is 18.0 Å². The molecule has 0 N–H and O–H groups in total. The highest BCUT2D eigenvalue weighted by atomic mass is 16.5. The normalized spacial score (nSPS) is 10.1. The summed E-state index contributed by atoms with van der Waals surface area (Å²) in [5, 5.41) is 7.78. The molecule has 2 aromatic heterocycles. The van der Waals surface area contributed by atoms with Crippen LogP contribution in [0.3, 0.4) is 0 Å². The summed E-state index contributed by atoms with van der Waals surface area (Å²) in [6.45, 7) is 0. The number of pyridine rings is 1. The van der Waals surface area contributed by atoms with Gasteiger partial charge in [0.2, 0.25) is 0 Å². The van der Waals surface area contributed by atoms with Crippen LogP contribution >= 0.6 is 0 Å². The molecular weight excluding hydrogens is 180 g/mol. The zero-order chi connectivity index (χ0) is 9.97. The summed E-state index contributed by atoms with van der Waals surface area (Å²) in [6.07, 6.45) is 3.47. The van der Waals surface area contributed by atoms with Gasteiger partial charge in [-0.1, -0.05) is 5.21 Å². The number of aromatic nitrogens is 4. The van der Waals surface area contributed by atoms with Crippen LogP contribution in [0.25, 0.3) is 11.4 Å². The van der Waals surface area contributed by atoms with E-state index in [0.29, 0.717) is 0 Å². The van der Waals surface area contributed by atoms with Gasteiger partial charge in [0.25, 0.3) is 0 Å². The van der Waals surface area contributed by atoms with Gasteiger partial charge >= 0.3 is 0 Å². The molecule has 0 bridgehead atoms. The van der Waals surface area contributed by atoms with Gasteiger partial charge in [-0.15, -0.1) is 5.10 Å². The maximum Gasteiger partial charge on any atom is 0.137 e. The Morgan fingerprint density at radius 1 is 1.29 bits per heavy atom. The van der Waals surface area contributed by atoms with Gasteiger partial charge in [0, 0.05) is 7.05 Å². The van der Waals surface area contributed by atoms with E-state index in [1.165, 1.54) is 0 Å². The summed E-state index contributed by atoms with van der Waals surface area (Å²) in [6, 6.07) is 3.69. The smallest absolute Gasteiger partial charge is 0.137 e. The first kappa shape index (κ1) is 8.68. The third-order valence-electron chi connectivity index (χ3n) is 1.84. The van der Waals surface area contributed by atoms with Crippen LogP contribution in [-0.2, 0) is 7.05 Å². The summed E-state index contributed by atoms with van der Waals surface area (Å²) < 4.78 is 6.65. The van der Waals surface area contributed by atoms with Crippen LogP contribution in [0.5, 0.6) is 5.75 Å². The molecular formula is C9H10N4O. The summed E-state index contributed by atoms with van der Waals surface area (Å²) in [5.41, 5.74) is 1.55. The largest absolute Gasteiger partial charge is 0.495 e. The maximum absolute atomic E-state index is 5.01. The van der Waals surface area contributed by atoms with Crippen molar-refractivity contribution in [1.82, 2.24) is 20.0 Å². The third-order valence-corrected chi connectivity index (χ3v) is 1.84. The first-order chi connectivity index (χ1) is 6.79. The third kappa shape index (κ3) is 1.56. The molecule has 0 spiro atoms. The van der Waals surface area contributed by atoms with Crippen LogP contribution in [0.1, 0.15) is 0 Å².